The Hall–Kier alpha value is -4.72. The fourth-order valence-corrected chi connectivity index (χ4v) is 4.85. The van der Waals surface area contributed by atoms with Crippen molar-refractivity contribution in [3.63, 3.8) is 0 Å². The second-order valence-corrected chi connectivity index (χ2v) is 9.65. The van der Waals surface area contributed by atoms with Crippen LogP contribution >= 0.6 is 0 Å². The van der Waals surface area contributed by atoms with E-state index in [2.05, 4.69) is 34.0 Å². The number of nitrogens with one attached hydrogen (secondary N) is 1. The maximum absolute atomic E-state index is 12.8. The molecule has 0 bridgehead atoms. The molecule has 1 aliphatic carbocycles. The molecule has 0 aliphatic heterocycles. The fourth-order valence-electron chi connectivity index (χ4n) is 4.85. The normalized spacial score (nSPS) is 12.8. The minimum atomic E-state index is -0.841. The number of hydrogen-bond donors (Lipinski definition) is 2. The Bertz CT molecular complexity index is 1590. The predicted octanol–water partition coefficient (Wildman–Crippen LogP) is 3.24. The van der Waals surface area contributed by atoms with Crippen LogP contribution in [0.4, 0.5) is 0 Å². The van der Waals surface area contributed by atoms with Crippen LogP contribution in [0.1, 0.15) is 76.1 Å². The van der Waals surface area contributed by atoms with Crippen LogP contribution in [0, 0.1) is 11.3 Å². The maximum atomic E-state index is 12.8. The molecule has 1 aliphatic rings. The van der Waals surface area contributed by atoms with E-state index in [4.69, 9.17) is 14.8 Å². The third-order valence-electron chi connectivity index (χ3n) is 6.96. The first kappa shape index (κ1) is 25.9. The Kier molecular flexibility index (Phi) is 7.27. The molecule has 2 N–H and O–H groups in total. The lowest BCUT2D eigenvalue weighted by molar-refractivity contribution is -0.136. The Labute approximate surface area is 225 Å². The van der Waals surface area contributed by atoms with Gasteiger partial charge >= 0.3 is 5.97 Å². The molecule has 0 unspecified atom stereocenters. The number of ether oxygens (including phenoxy) is 1. The molecular weight excluding hydrogens is 498 g/mol. The average Bonchev–Trinajstić information content (AvgIpc) is 3.55. The van der Waals surface area contributed by atoms with Gasteiger partial charge in [0.15, 0.2) is 5.69 Å². The highest BCUT2D eigenvalue weighted by Crippen LogP contribution is 2.40. The number of methoxy groups -OCH3 is 1. The number of amides is 1. The number of hydrogen-bond acceptors (Lipinski definition) is 7. The van der Waals surface area contributed by atoms with Gasteiger partial charge in [0.05, 0.1) is 37.2 Å². The summed E-state index contributed by atoms with van der Waals surface area (Å²) in [7, 11) is 1.58. The number of carboxylic acid groups (broad SMARTS) is 1. The Morgan fingerprint density at radius 1 is 1.23 bits per heavy atom. The average molecular weight is 528 g/mol. The molecule has 11 nitrogen and oxygen atoms in total. The molecule has 200 valence electrons. The summed E-state index contributed by atoms with van der Waals surface area (Å²) in [5, 5.41) is 29.7. The topological polar surface area (TPSA) is 147 Å². The summed E-state index contributed by atoms with van der Waals surface area (Å²) < 4.78 is 8.92. The van der Waals surface area contributed by atoms with E-state index < -0.39 is 11.9 Å². The molecule has 3 aromatic heterocycles. The zero-order valence-electron chi connectivity index (χ0n) is 21.8. The number of benzene rings is 1. The van der Waals surface area contributed by atoms with Crippen molar-refractivity contribution in [2.45, 2.75) is 58.0 Å². The van der Waals surface area contributed by atoms with Crippen molar-refractivity contribution in [1.29, 1.82) is 5.26 Å². The van der Waals surface area contributed by atoms with Crippen molar-refractivity contribution in [2.24, 2.45) is 0 Å². The highest BCUT2D eigenvalue weighted by atomic mass is 16.5. The molecule has 1 aromatic carbocycles. The third-order valence-corrected chi connectivity index (χ3v) is 6.96. The van der Waals surface area contributed by atoms with E-state index in [1.165, 1.54) is 5.56 Å². The van der Waals surface area contributed by atoms with Gasteiger partial charge in [0.2, 0.25) is 0 Å². The third kappa shape index (κ3) is 5.60. The van der Waals surface area contributed by atoms with E-state index in [1.54, 1.807) is 30.1 Å². The van der Waals surface area contributed by atoms with Gasteiger partial charge < -0.3 is 19.6 Å². The number of carboxylic acids is 1. The maximum Gasteiger partial charge on any atom is 0.303 e. The number of carbonyl (C=O) groups is 2. The molecule has 1 saturated carbocycles. The van der Waals surface area contributed by atoms with Crippen molar-refractivity contribution in [1.82, 2.24) is 29.7 Å². The molecule has 0 atom stereocenters. The van der Waals surface area contributed by atoms with Gasteiger partial charge in [0, 0.05) is 30.9 Å². The van der Waals surface area contributed by atoms with Gasteiger partial charge in [0.25, 0.3) is 5.91 Å². The summed E-state index contributed by atoms with van der Waals surface area (Å²) in [4.78, 5) is 28.7. The first-order chi connectivity index (χ1) is 18.9. The summed E-state index contributed by atoms with van der Waals surface area (Å²) in [5.74, 6) is -0.0502. The Morgan fingerprint density at radius 3 is 2.74 bits per heavy atom. The quantitative estimate of drug-likeness (QED) is 0.302. The molecule has 5 rings (SSSR count). The minimum Gasteiger partial charge on any atom is -0.496 e. The smallest absolute Gasteiger partial charge is 0.303 e. The molecule has 11 heteroatoms. The van der Waals surface area contributed by atoms with Gasteiger partial charge in [-0.25, -0.2) is 9.67 Å². The number of aryl methyl sites for hydroxylation is 1. The second kappa shape index (κ2) is 10.9. The number of imidazole rings is 1. The van der Waals surface area contributed by atoms with E-state index in [-0.39, 0.29) is 18.7 Å². The Balaban J connectivity index is 1.31. The van der Waals surface area contributed by atoms with Gasteiger partial charge in [-0.15, -0.1) is 5.10 Å². The number of nitrogens with zero attached hydrogens (tertiary/aromatic N) is 6. The standard InChI is InChI=1S/C28H29N7O4/c1-3-22-23(19(11-29)6-8-25(22)39-2)12-30-28(38)24-16-35(33-32-24)15-21-14-34-13-20(17-4-5-17)10-18(27(34)31-21)7-9-26(36)37/h6,8,10,13-14,16-17H,3-5,7,9,12,15H2,1-2H3,(H,30,38)(H,36,37). The number of aromatic nitrogens is 5. The second-order valence-electron chi connectivity index (χ2n) is 9.65. The lowest BCUT2D eigenvalue weighted by Crippen LogP contribution is -2.24. The van der Waals surface area contributed by atoms with E-state index >= 15 is 0 Å². The van der Waals surface area contributed by atoms with Crippen molar-refractivity contribution in [3.05, 3.63) is 76.0 Å². The zero-order chi connectivity index (χ0) is 27.5. The number of pyridine rings is 1. The van der Waals surface area contributed by atoms with Crippen LogP contribution in [0.25, 0.3) is 5.65 Å². The summed E-state index contributed by atoms with van der Waals surface area (Å²) >= 11 is 0. The van der Waals surface area contributed by atoms with E-state index in [9.17, 15) is 14.9 Å². The van der Waals surface area contributed by atoms with Crippen molar-refractivity contribution in [3.8, 4) is 11.8 Å². The number of aliphatic carboxylic acids is 1. The molecular formula is C28H29N7O4. The molecule has 0 radical (unpaired) electrons. The summed E-state index contributed by atoms with van der Waals surface area (Å²) in [6, 6.07) is 7.70. The zero-order valence-corrected chi connectivity index (χ0v) is 21.8. The van der Waals surface area contributed by atoms with Crippen molar-refractivity contribution < 1.29 is 19.4 Å². The molecule has 4 aromatic rings. The van der Waals surface area contributed by atoms with Crippen LogP contribution < -0.4 is 10.1 Å². The SMILES string of the molecule is CCc1c(OC)ccc(C#N)c1CNC(=O)c1cn(Cc2cn3cc(C4CC4)cc(CCC(=O)O)c3n2)nn1. The van der Waals surface area contributed by atoms with Crippen LogP contribution in [-0.4, -0.2) is 48.5 Å². The molecule has 0 saturated heterocycles. The van der Waals surface area contributed by atoms with E-state index in [0.29, 0.717) is 42.2 Å². The molecule has 1 amide bonds. The molecule has 1 fully saturated rings. The highest BCUT2D eigenvalue weighted by molar-refractivity contribution is 5.91. The first-order valence-electron chi connectivity index (χ1n) is 12.9. The minimum absolute atomic E-state index is 0.0406. The lowest BCUT2D eigenvalue weighted by atomic mass is 9.98. The van der Waals surface area contributed by atoms with E-state index in [1.807, 2.05) is 17.5 Å². The predicted molar refractivity (Wildman–Crippen MR) is 141 cm³/mol. The Morgan fingerprint density at radius 2 is 2.05 bits per heavy atom. The van der Waals surface area contributed by atoms with Crippen molar-refractivity contribution in [2.75, 3.05) is 7.11 Å². The van der Waals surface area contributed by atoms with Gasteiger partial charge in [0.1, 0.15) is 11.4 Å². The van der Waals surface area contributed by atoms with Gasteiger partial charge in [-0.05, 0) is 60.4 Å². The lowest BCUT2D eigenvalue weighted by Gasteiger charge is -2.14. The molecule has 3 heterocycles. The fraction of sp³-hybridized carbons (Fsp3) is 0.357. The van der Waals surface area contributed by atoms with Crippen LogP contribution in [0.2, 0.25) is 0 Å². The summed E-state index contributed by atoms with van der Waals surface area (Å²) in [6.45, 7) is 2.43. The summed E-state index contributed by atoms with van der Waals surface area (Å²) in [5.41, 5.74) is 5.79. The van der Waals surface area contributed by atoms with Crippen LogP contribution in [0.5, 0.6) is 5.75 Å². The largest absolute Gasteiger partial charge is 0.496 e. The van der Waals surface area contributed by atoms with Gasteiger partial charge in [-0.2, -0.15) is 5.26 Å². The van der Waals surface area contributed by atoms with Gasteiger partial charge in [-0.3, -0.25) is 9.59 Å². The van der Waals surface area contributed by atoms with Crippen LogP contribution in [0.15, 0.2) is 36.8 Å². The number of rotatable bonds is 11. The van der Waals surface area contributed by atoms with Crippen LogP contribution in [-0.2, 0) is 30.7 Å². The number of fused-ring (bicyclic) bond motifs is 1. The van der Waals surface area contributed by atoms with Crippen molar-refractivity contribution >= 4 is 17.5 Å². The van der Waals surface area contributed by atoms with E-state index in [0.717, 1.165) is 35.3 Å². The first-order valence-corrected chi connectivity index (χ1v) is 12.9. The number of carbonyl (C=O) groups excluding carboxylic acids is 1. The summed E-state index contributed by atoms with van der Waals surface area (Å²) in [6.07, 6.45) is 8.91. The number of nitriles is 1. The highest BCUT2D eigenvalue weighted by Gasteiger charge is 2.25. The molecule has 39 heavy (non-hydrogen) atoms. The molecule has 0 spiro atoms. The monoisotopic (exact) mass is 527 g/mol. The van der Waals surface area contributed by atoms with Gasteiger partial charge in [-0.1, -0.05) is 18.2 Å². The van der Waals surface area contributed by atoms with Crippen LogP contribution in [0.3, 0.4) is 0 Å².